The Morgan fingerprint density at radius 2 is 1.17 bits per heavy atom. The zero-order valence-corrected chi connectivity index (χ0v) is 15.9. The molecular formula is C23H32. The summed E-state index contributed by atoms with van der Waals surface area (Å²) < 4.78 is 0. The SMILES string of the molecule is CC(Cc1ccccc1)c1c(C(C)(C)C)cccc1C(C)(C)C. The molecule has 0 aliphatic carbocycles. The molecule has 0 fully saturated rings. The molecular weight excluding hydrogens is 276 g/mol. The van der Waals surface area contributed by atoms with Crippen LogP contribution in [-0.2, 0) is 17.3 Å². The quantitative estimate of drug-likeness (QED) is 0.597. The molecule has 0 radical (unpaired) electrons. The molecule has 0 amide bonds. The molecule has 0 aliphatic rings. The van der Waals surface area contributed by atoms with Crippen molar-refractivity contribution < 1.29 is 0 Å². The molecule has 0 N–H and O–H groups in total. The van der Waals surface area contributed by atoms with Gasteiger partial charge in [0.05, 0.1) is 0 Å². The lowest BCUT2D eigenvalue weighted by Gasteiger charge is -2.33. The fourth-order valence-electron chi connectivity index (χ4n) is 3.47. The molecule has 0 saturated heterocycles. The first-order valence-corrected chi connectivity index (χ1v) is 8.78. The van der Waals surface area contributed by atoms with Gasteiger partial charge in [0.1, 0.15) is 0 Å². The van der Waals surface area contributed by atoms with Crippen LogP contribution in [0.15, 0.2) is 48.5 Å². The van der Waals surface area contributed by atoms with Crippen molar-refractivity contribution in [1.82, 2.24) is 0 Å². The molecule has 0 aliphatic heterocycles. The van der Waals surface area contributed by atoms with Gasteiger partial charge in [0.25, 0.3) is 0 Å². The number of hydrogen-bond acceptors (Lipinski definition) is 0. The van der Waals surface area contributed by atoms with E-state index in [2.05, 4.69) is 97.0 Å². The minimum absolute atomic E-state index is 0.168. The van der Waals surface area contributed by atoms with Gasteiger partial charge in [-0.25, -0.2) is 0 Å². The van der Waals surface area contributed by atoms with Crippen molar-refractivity contribution in [2.75, 3.05) is 0 Å². The van der Waals surface area contributed by atoms with Gasteiger partial charge in [-0.3, -0.25) is 0 Å². The summed E-state index contributed by atoms with van der Waals surface area (Å²) in [7, 11) is 0. The van der Waals surface area contributed by atoms with E-state index in [1.54, 1.807) is 5.56 Å². The molecule has 0 heterocycles. The van der Waals surface area contributed by atoms with Gasteiger partial charge in [0, 0.05) is 0 Å². The van der Waals surface area contributed by atoms with Crippen molar-refractivity contribution in [3.63, 3.8) is 0 Å². The van der Waals surface area contributed by atoms with Crippen molar-refractivity contribution >= 4 is 0 Å². The second kappa shape index (κ2) is 6.51. The lowest BCUT2D eigenvalue weighted by molar-refractivity contribution is 0.540. The molecule has 0 nitrogen and oxygen atoms in total. The van der Waals surface area contributed by atoms with E-state index in [-0.39, 0.29) is 10.8 Å². The third kappa shape index (κ3) is 4.25. The minimum Gasteiger partial charge on any atom is -0.0622 e. The Bertz CT molecular complexity index is 604. The molecule has 2 aromatic rings. The maximum absolute atomic E-state index is 2.38. The van der Waals surface area contributed by atoms with Gasteiger partial charge < -0.3 is 0 Å². The number of rotatable bonds is 3. The van der Waals surface area contributed by atoms with E-state index >= 15 is 0 Å². The van der Waals surface area contributed by atoms with Crippen LogP contribution in [0.2, 0.25) is 0 Å². The molecule has 1 atom stereocenters. The molecule has 0 spiro atoms. The van der Waals surface area contributed by atoms with Crippen LogP contribution in [0.3, 0.4) is 0 Å². The van der Waals surface area contributed by atoms with Crippen LogP contribution in [0.4, 0.5) is 0 Å². The average Bonchev–Trinajstić information content (AvgIpc) is 2.45. The van der Waals surface area contributed by atoms with Crippen LogP contribution in [-0.4, -0.2) is 0 Å². The van der Waals surface area contributed by atoms with Crippen molar-refractivity contribution in [2.45, 2.75) is 71.6 Å². The highest BCUT2D eigenvalue weighted by atomic mass is 14.3. The Hall–Kier alpha value is -1.56. The summed E-state index contributed by atoms with van der Waals surface area (Å²) in [5.74, 6) is 0.516. The topological polar surface area (TPSA) is 0 Å². The standard InChI is InChI=1S/C23H32/c1-17(16-18-12-9-8-10-13-18)21-19(22(2,3)4)14-11-15-20(21)23(5,6)7/h8-15,17H,16H2,1-7H3. The summed E-state index contributed by atoms with van der Waals surface area (Å²) in [5.41, 5.74) is 6.30. The molecule has 0 heteroatoms. The third-order valence-corrected chi connectivity index (χ3v) is 4.60. The first-order valence-electron chi connectivity index (χ1n) is 8.78. The maximum Gasteiger partial charge on any atom is -0.0129 e. The first-order chi connectivity index (χ1) is 10.6. The Morgan fingerprint density at radius 1 is 0.696 bits per heavy atom. The van der Waals surface area contributed by atoms with E-state index in [0.29, 0.717) is 5.92 Å². The van der Waals surface area contributed by atoms with Crippen LogP contribution >= 0.6 is 0 Å². The highest BCUT2D eigenvalue weighted by Gasteiger charge is 2.27. The van der Waals surface area contributed by atoms with Crippen molar-refractivity contribution in [3.8, 4) is 0 Å². The van der Waals surface area contributed by atoms with E-state index in [0.717, 1.165) is 6.42 Å². The van der Waals surface area contributed by atoms with Crippen LogP contribution in [0.1, 0.15) is 76.6 Å². The normalized spacial score (nSPS) is 13.9. The fourth-order valence-corrected chi connectivity index (χ4v) is 3.47. The molecule has 0 bridgehead atoms. The Labute approximate surface area is 143 Å². The largest absolute Gasteiger partial charge is 0.0622 e. The third-order valence-electron chi connectivity index (χ3n) is 4.60. The Morgan fingerprint density at radius 3 is 1.61 bits per heavy atom. The van der Waals surface area contributed by atoms with Gasteiger partial charge in [-0.05, 0) is 45.4 Å². The maximum atomic E-state index is 2.38. The molecule has 0 aromatic heterocycles. The second-order valence-electron chi connectivity index (χ2n) is 8.86. The predicted octanol–water partition coefficient (Wildman–Crippen LogP) is 6.63. The van der Waals surface area contributed by atoms with E-state index in [1.807, 2.05) is 0 Å². The van der Waals surface area contributed by atoms with Crippen LogP contribution in [0, 0.1) is 0 Å². The summed E-state index contributed by atoms with van der Waals surface area (Å²) in [6.45, 7) is 16.3. The summed E-state index contributed by atoms with van der Waals surface area (Å²) in [4.78, 5) is 0. The van der Waals surface area contributed by atoms with Gasteiger partial charge in [-0.1, -0.05) is 97.0 Å². The fraction of sp³-hybridized carbons (Fsp3) is 0.478. The van der Waals surface area contributed by atoms with Gasteiger partial charge >= 0.3 is 0 Å². The van der Waals surface area contributed by atoms with Crippen molar-refractivity contribution in [3.05, 3.63) is 70.8 Å². The molecule has 1 unspecified atom stereocenters. The molecule has 2 rings (SSSR count). The smallest absolute Gasteiger partial charge is 0.0129 e. The van der Waals surface area contributed by atoms with E-state index in [9.17, 15) is 0 Å². The van der Waals surface area contributed by atoms with Crippen LogP contribution in [0.5, 0.6) is 0 Å². The lowest BCUT2D eigenvalue weighted by Crippen LogP contribution is -2.22. The monoisotopic (exact) mass is 308 g/mol. The second-order valence-corrected chi connectivity index (χ2v) is 8.86. The van der Waals surface area contributed by atoms with E-state index in [4.69, 9.17) is 0 Å². The summed E-state index contributed by atoms with van der Waals surface area (Å²) >= 11 is 0. The van der Waals surface area contributed by atoms with Crippen LogP contribution < -0.4 is 0 Å². The van der Waals surface area contributed by atoms with Crippen molar-refractivity contribution in [1.29, 1.82) is 0 Å². The van der Waals surface area contributed by atoms with Gasteiger partial charge in [0.2, 0.25) is 0 Å². The van der Waals surface area contributed by atoms with Gasteiger partial charge in [-0.15, -0.1) is 0 Å². The number of hydrogen-bond donors (Lipinski definition) is 0. The molecule has 23 heavy (non-hydrogen) atoms. The van der Waals surface area contributed by atoms with E-state index in [1.165, 1.54) is 16.7 Å². The van der Waals surface area contributed by atoms with Crippen molar-refractivity contribution in [2.24, 2.45) is 0 Å². The highest BCUT2D eigenvalue weighted by molar-refractivity contribution is 5.45. The zero-order valence-electron chi connectivity index (χ0n) is 15.9. The van der Waals surface area contributed by atoms with Gasteiger partial charge in [-0.2, -0.15) is 0 Å². The summed E-state index contributed by atoms with van der Waals surface area (Å²) in [5, 5.41) is 0. The highest BCUT2D eigenvalue weighted by Crippen LogP contribution is 2.39. The average molecular weight is 309 g/mol. The molecule has 0 saturated carbocycles. The van der Waals surface area contributed by atoms with E-state index < -0.39 is 0 Å². The summed E-state index contributed by atoms with van der Waals surface area (Å²) in [6, 6.07) is 17.8. The van der Waals surface area contributed by atoms with Gasteiger partial charge in [0.15, 0.2) is 0 Å². The zero-order chi connectivity index (χ0) is 17.3. The minimum atomic E-state index is 0.168. The molecule has 124 valence electrons. The Balaban J connectivity index is 2.53. The Kier molecular flexibility index (Phi) is 5.04. The molecule has 2 aromatic carbocycles. The predicted molar refractivity (Wildman–Crippen MR) is 102 cm³/mol. The first kappa shape index (κ1) is 17.8. The van der Waals surface area contributed by atoms with Crippen LogP contribution in [0.25, 0.3) is 0 Å². The lowest BCUT2D eigenvalue weighted by atomic mass is 9.72. The number of benzene rings is 2. The summed E-state index contributed by atoms with van der Waals surface area (Å²) in [6.07, 6.45) is 1.09.